The van der Waals surface area contributed by atoms with Crippen molar-refractivity contribution in [3.8, 4) is 17.2 Å². The standard InChI is InChI=1S/C26H30N2O5/c1-18-8-6-7-9-23(18)31-15-14-28(4)26(29)13-11-21-10-12-24(25(16-21)30-5)32-17-22-19(2)27-33-20(22)3/h6-13,16H,14-15,17H2,1-5H3/b13-11+. The lowest BCUT2D eigenvalue weighted by molar-refractivity contribution is -0.125. The first-order chi connectivity index (χ1) is 15.9. The van der Waals surface area contributed by atoms with Crippen LogP contribution < -0.4 is 14.2 Å². The number of benzene rings is 2. The molecular weight excluding hydrogens is 420 g/mol. The summed E-state index contributed by atoms with van der Waals surface area (Å²) in [6.45, 7) is 6.96. The van der Waals surface area contributed by atoms with Crippen molar-refractivity contribution in [2.24, 2.45) is 0 Å². The fourth-order valence-electron chi connectivity index (χ4n) is 3.18. The van der Waals surface area contributed by atoms with E-state index in [0.29, 0.717) is 31.3 Å². The van der Waals surface area contributed by atoms with Gasteiger partial charge < -0.3 is 23.6 Å². The Labute approximate surface area is 194 Å². The average Bonchev–Trinajstić information content (AvgIpc) is 3.14. The van der Waals surface area contributed by atoms with E-state index in [1.54, 1.807) is 25.1 Å². The van der Waals surface area contributed by atoms with E-state index in [2.05, 4.69) is 5.16 Å². The van der Waals surface area contributed by atoms with Gasteiger partial charge in [0.1, 0.15) is 24.7 Å². The Balaban J connectivity index is 1.55. The van der Waals surface area contributed by atoms with Gasteiger partial charge in [-0.05, 0) is 56.2 Å². The number of amides is 1. The van der Waals surface area contributed by atoms with E-state index in [1.807, 2.05) is 63.2 Å². The van der Waals surface area contributed by atoms with E-state index in [0.717, 1.165) is 33.9 Å². The summed E-state index contributed by atoms with van der Waals surface area (Å²) in [5.74, 6) is 2.64. The van der Waals surface area contributed by atoms with Crippen molar-refractivity contribution >= 4 is 12.0 Å². The van der Waals surface area contributed by atoms with Crippen molar-refractivity contribution < 1.29 is 23.5 Å². The van der Waals surface area contributed by atoms with Gasteiger partial charge in [0.25, 0.3) is 0 Å². The summed E-state index contributed by atoms with van der Waals surface area (Å²) in [6, 6.07) is 13.3. The Bertz CT molecular complexity index is 1100. The largest absolute Gasteiger partial charge is 0.493 e. The monoisotopic (exact) mass is 450 g/mol. The lowest BCUT2D eigenvalue weighted by atomic mass is 10.1. The van der Waals surface area contributed by atoms with Crippen molar-refractivity contribution in [3.63, 3.8) is 0 Å². The molecule has 0 aliphatic carbocycles. The summed E-state index contributed by atoms with van der Waals surface area (Å²) in [5, 5.41) is 3.94. The van der Waals surface area contributed by atoms with Crippen LogP contribution in [0.25, 0.3) is 6.08 Å². The van der Waals surface area contributed by atoms with Gasteiger partial charge in [0.15, 0.2) is 11.5 Å². The quantitative estimate of drug-likeness (QED) is 0.416. The molecule has 0 atom stereocenters. The highest BCUT2D eigenvalue weighted by molar-refractivity contribution is 5.91. The number of carbonyl (C=O) groups is 1. The Morgan fingerprint density at radius 1 is 1.06 bits per heavy atom. The zero-order valence-electron chi connectivity index (χ0n) is 19.8. The molecule has 0 saturated heterocycles. The van der Waals surface area contributed by atoms with E-state index >= 15 is 0 Å². The summed E-state index contributed by atoms with van der Waals surface area (Å²) < 4.78 is 22.3. The minimum absolute atomic E-state index is 0.110. The van der Waals surface area contributed by atoms with Crippen LogP contribution in [0.2, 0.25) is 0 Å². The van der Waals surface area contributed by atoms with Crippen LogP contribution in [0.3, 0.4) is 0 Å². The molecule has 3 rings (SSSR count). The number of para-hydroxylation sites is 1. The minimum Gasteiger partial charge on any atom is -0.493 e. The zero-order chi connectivity index (χ0) is 23.8. The molecule has 0 aliphatic rings. The summed E-state index contributed by atoms with van der Waals surface area (Å²) in [5.41, 5.74) is 3.62. The molecule has 3 aromatic rings. The summed E-state index contributed by atoms with van der Waals surface area (Å²) in [7, 11) is 3.33. The van der Waals surface area contributed by atoms with Gasteiger partial charge in [-0.2, -0.15) is 0 Å². The predicted octanol–water partition coefficient (Wildman–Crippen LogP) is 4.74. The molecule has 2 aromatic carbocycles. The number of hydrogen-bond donors (Lipinski definition) is 0. The summed E-state index contributed by atoms with van der Waals surface area (Å²) in [6.07, 6.45) is 3.29. The maximum absolute atomic E-state index is 12.5. The second-order valence-electron chi connectivity index (χ2n) is 7.71. The number of carbonyl (C=O) groups excluding carboxylic acids is 1. The Hall–Kier alpha value is -3.74. The van der Waals surface area contributed by atoms with E-state index in [-0.39, 0.29) is 5.91 Å². The second kappa shape index (κ2) is 11.2. The molecule has 0 saturated carbocycles. The lowest BCUT2D eigenvalue weighted by Crippen LogP contribution is -2.29. The average molecular weight is 451 g/mol. The molecule has 0 fully saturated rings. The molecule has 1 amide bonds. The van der Waals surface area contributed by atoms with Gasteiger partial charge in [-0.25, -0.2) is 0 Å². The smallest absolute Gasteiger partial charge is 0.246 e. The van der Waals surface area contributed by atoms with Crippen molar-refractivity contribution in [3.05, 3.63) is 76.7 Å². The van der Waals surface area contributed by atoms with Gasteiger partial charge in [-0.15, -0.1) is 0 Å². The van der Waals surface area contributed by atoms with Gasteiger partial charge in [0.2, 0.25) is 5.91 Å². The Morgan fingerprint density at radius 3 is 2.55 bits per heavy atom. The predicted molar refractivity (Wildman–Crippen MR) is 127 cm³/mol. The van der Waals surface area contributed by atoms with E-state index < -0.39 is 0 Å². The highest BCUT2D eigenvalue weighted by Gasteiger charge is 2.12. The van der Waals surface area contributed by atoms with Crippen LogP contribution in [0, 0.1) is 20.8 Å². The maximum atomic E-state index is 12.5. The van der Waals surface area contributed by atoms with Gasteiger partial charge in [0, 0.05) is 13.1 Å². The normalized spacial score (nSPS) is 10.9. The molecule has 7 nitrogen and oxygen atoms in total. The van der Waals surface area contributed by atoms with Gasteiger partial charge in [-0.3, -0.25) is 4.79 Å². The molecule has 0 spiro atoms. The highest BCUT2D eigenvalue weighted by Crippen LogP contribution is 2.30. The zero-order valence-corrected chi connectivity index (χ0v) is 19.8. The first kappa shape index (κ1) is 23.9. The first-order valence-corrected chi connectivity index (χ1v) is 10.7. The van der Waals surface area contributed by atoms with Crippen molar-refractivity contribution in [2.45, 2.75) is 27.4 Å². The molecule has 0 aliphatic heterocycles. The molecule has 1 heterocycles. The maximum Gasteiger partial charge on any atom is 0.246 e. The summed E-state index contributed by atoms with van der Waals surface area (Å²) in [4.78, 5) is 14.1. The van der Waals surface area contributed by atoms with Crippen LogP contribution in [-0.2, 0) is 11.4 Å². The molecule has 1 aromatic heterocycles. The Morgan fingerprint density at radius 2 is 1.85 bits per heavy atom. The number of rotatable bonds is 10. The minimum atomic E-state index is -0.110. The Kier molecular flexibility index (Phi) is 8.13. The molecule has 0 radical (unpaired) electrons. The van der Waals surface area contributed by atoms with Crippen molar-refractivity contribution in [2.75, 3.05) is 27.3 Å². The molecule has 0 N–H and O–H groups in total. The van der Waals surface area contributed by atoms with Crippen LogP contribution in [0.4, 0.5) is 0 Å². The van der Waals surface area contributed by atoms with E-state index in [1.165, 1.54) is 6.08 Å². The fourth-order valence-corrected chi connectivity index (χ4v) is 3.18. The van der Waals surface area contributed by atoms with Crippen LogP contribution in [-0.4, -0.2) is 43.3 Å². The lowest BCUT2D eigenvalue weighted by Gasteiger charge is -2.16. The van der Waals surface area contributed by atoms with Gasteiger partial charge >= 0.3 is 0 Å². The number of ether oxygens (including phenoxy) is 3. The number of nitrogens with zero attached hydrogens (tertiary/aromatic N) is 2. The van der Waals surface area contributed by atoms with Crippen molar-refractivity contribution in [1.29, 1.82) is 0 Å². The van der Waals surface area contributed by atoms with E-state index in [9.17, 15) is 4.79 Å². The molecule has 0 bridgehead atoms. The van der Waals surface area contributed by atoms with Crippen molar-refractivity contribution in [1.82, 2.24) is 10.1 Å². The number of aryl methyl sites for hydroxylation is 3. The third kappa shape index (κ3) is 6.38. The van der Waals surface area contributed by atoms with Crippen LogP contribution in [0.1, 0.15) is 28.1 Å². The second-order valence-corrected chi connectivity index (χ2v) is 7.71. The highest BCUT2D eigenvalue weighted by atomic mass is 16.5. The molecule has 174 valence electrons. The van der Waals surface area contributed by atoms with Crippen LogP contribution in [0.15, 0.2) is 53.1 Å². The van der Waals surface area contributed by atoms with E-state index in [4.69, 9.17) is 18.7 Å². The number of methoxy groups -OCH3 is 1. The number of aromatic nitrogens is 1. The van der Waals surface area contributed by atoms with Crippen LogP contribution in [0.5, 0.6) is 17.2 Å². The third-order valence-corrected chi connectivity index (χ3v) is 5.31. The van der Waals surface area contributed by atoms with Gasteiger partial charge in [0.05, 0.1) is 24.9 Å². The summed E-state index contributed by atoms with van der Waals surface area (Å²) >= 11 is 0. The topological polar surface area (TPSA) is 74.0 Å². The molecule has 0 unspecified atom stereocenters. The molecular formula is C26H30N2O5. The van der Waals surface area contributed by atoms with Crippen LogP contribution >= 0.6 is 0 Å². The SMILES string of the molecule is COc1cc(/C=C/C(=O)N(C)CCOc2ccccc2C)ccc1OCc1c(C)noc1C. The van der Waals surface area contributed by atoms with Gasteiger partial charge in [-0.1, -0.05) is 29.4 Å². The third-order valence-electron chi connectivity index (χ3n) is 5.31. The number of hydrogen-bond acceptors (Lipinski definition) is 6. The fraction of sp³-hybridized carbons (Fsp3) is 0.308. The first-order valence-electron chi connectivity index (χ1n) is 10.7. The number of likely N-dealkylation sites (N-methyl/N-ethyl adjacent to an activating group) is 1. The molecule has 7 heteroatoms. The molecule has 33 heavy (non-hydrogen) atoms.